The fourth-order valence-corrected chi connectivity index (χ4v) is 3.94. The van der Waals surface area contributed by atoms with Crippen LogP contribution in [0.4, 0.5) is 4.39 Å². The van der Waals surface area contributed by atoms with Crippen molar-refractivity contribution in [2.75, 3.05) is 19.7 Å². The van der Waals surface area contributed by atoms with E-state index in [-0.39, 0.29) is 17.5 Å². The molecule has 1 aromatic heterocycles. The highest BCUT2D eigenvalue weighted by Gasteiger charge is 2.43. The van der Waals surface area contributed by atoms with Crippen LogP contribution in [0.25, 0.3) is 0 Å². The molecule has 4 nitrogen and oxygen atoms in total. The van der Waals surface area contributed by atoms with Gasteiger partial charge in [0.1, 0.15) is 5.82 Å². The van der Waals surface area contributed by atoms with Crippen LogP contribution in [0.15, 0.2) is 48.8 Å². The number of likely N-dealkylation sites (tertiary alicyclic amines) is 1. The zero-order chi connectivity index (χ0) is 17.8. The third-order valence-electron chi connectivity index (χ3n) is 5.50. The van der Waals surface area contributed by atoms with Gasteiger partial charge in [0.2, 0.25) is 0 Å². The zero-order valence-electron chi connectivity index (χ0n) is 14.9. The number of aromatic nitrogens is 1. The molecule has 1 aromatic carbocycles. The molecule has 2 saturated heterocycles. The minimum atomic E-state index is -0.117. The van der Waals surface area contributed by atoms with Gasteiger partial charge >= 0.3 is 0 Å². The number of hydrogen-bond acceptors (Lipinski definition) is 4. The molecular weight excluding hydrogens is 331 g/mol. The molecule has 0 radical (unpaired) electrons. The van der Waals surface area contributed by atoms with Gasteiger partial charge in [0, 0.05) is 44.0 Å². The first kappa shape index (κ1) is 17.6. The topological polar surface area (TPSA) is 34.6 Å². The molecular formula is C21H25FN2O2. The summed E-state index contributed by atoms with van der Waals surface area (Å²) in [5.41, 5.74) is 1.80. The fraction of sp³-hybridized carbons (Fsp3) is 0.476. The standard InChI is InChI=1S/C21H25FN2O2/c22-20-6-2-1-5-18(20)14-24-10-7-21(8-11-24)12-19(16-26-21)25-15-17-4-3-9-23-13-17/h1-6,9,13,19H,7-8,10-12,14-16H2. The maximum absolute atomic E-state index is 13.8. The average Bonchev–Trinajstić information content (AvgIpc) is 3.08. The quantitative estimate of drug-likeness (QED) is 0.820. The number of halogens is 1. The van der Waals surface area contributed by atoms with Crippen molar-refractivity contribution in [3.05, 3.63) is 65.7 Å². The molecule has 4 rings (SSSR count). The smallest absolute Gasteiger partial charge is 0.127 e. The molecule has 26 heavy (non-hydrogen) atoms. The monoisotopic (exact) mass is 356 g/mol. The number of piperidine rings is 1. The Labute approximate surface area is 153 Å². The van der Waals surface area contributed by atoms with Crippen molar-refractivity contribution in [2.24, 2.45) is 0 Å². The Morgan fingerprint density at radius 2 is 2.04 bits per heavy atom. The van der Waals surface area contributed by atoms with Crippen LogP contribution in [0.2, 0.25) is 0 Å². The van der Waals surface area contributed by atoms with E-state index in [0.717, 1.165) is 43.5 Å². The lowest BCUT2D eigenvalue weighted by Gasteiger charge is -2.38. The van der Waals surface area contributed by atoms with Crippen molar-refractivity contribution in [3.8, 4) is 0 Å². The fourth-order valence-electron chi connectivity index (χ4n) is 3.94. The number of pyridine rings is 1. The van der Waals surface area contributed by atoms with E-state index in [2.05, 4.69) is 9.88 Å². The van der Waals surface area contributed by atoms with Crippen LogP contribution in [0.5, 0.6) is 0 Å². The van der Waals surface area contributed by atoms with Gasteiger partial charge in [-0.1, -0.05) is 24.3 Å². The summed E-state index contributed by atoms with van der Waals surface area (Å²) in [5.74, 6) is -0.117. The molecule has 1 spiro atoms. The highest BCUT2D eigenvalue weighted by molar-refractivity contribution is 5.17. The molecule has 5 heteroatoms. The molecule has 138 valence electrons. The molecule has 0 bridgehead atoms. The molecule has 2 aromatic rings. The molecule has 1 atom stereocenters. The highest BCUT2D eigenvalue weighted by atomic mass is 19.1. The van der Waals surface area contributed by atoms with E-state index in [1.807, 2.05) is 30.5 Å². The highest BCUT2D eigenvalue weighted by Crippen LogP contribution is 2.37. The van der Waals surface area contributed by atoms with Crippen molar-refractivity contribution >= 4 is 0 Å². The van der Waals surface area contributed by atoms with Crippen molar-refractivity contribution < 1.29 is 13.9 Å². The average molecular weight is 356 g/mol. The third-order valence-corrected chi connectivity index (χ3v) is 5.50. The number of ether oxygens (including phenoxy) is 2. The molecule has 3 heterocycles. The maximum atomic E-state index is 13.8. The van der Waals surface area contributed by atoms with Crippen LogP contribution < -0.4 is 0 Å². The first-order valence-electron chi connectivity index (χ1n) is 9.33. The van der Waals surface area contributed by atoms with E-state index in [0.29, 0.717) is 19.8 Å². The predicted octanol–water partition coefficient (Wildman–Crippen LogP) is 3.56. The van der Waals surface area contributed by atoms with Crippen LogP contribution >= 0.6 is 0 Å². The minimum Gasteiger partial charge on any atom is -0.372 e. The van der Waals surface area contributed by atoms with E-state index >= 15 is 0 Å². The van der Waals surface area contributed by atoms with Crippen LogP contribution in [0.1, 0.15) is 30.4 Å². The van der Waals surface area contributed by atoms with Crippen LogP contribution in [0.3, 0.4) is 0 Å². The van der Waals surface area contributed by atoms with Gasteiger partial charge in [-0.25, -0.2) is 4.39 Å². The maximum Gasteiger partial charge on any atom is 0.127 e. The van der Waals surface area contributed by atoms with Crippen molar-refractivity contribution in [1.82, 2.24) is 9.88 Å². The van der Waals surface area contributed by atoms with Gasteiger partial charge in [0.25, 0.3) is 0 Å². The third kappa shape index (κ3) is 4.11. The van der Waals surface area contributed by atoms with Gasteiger partial charge in [-0.15, -0.1) is 0 Å². The summed E-state index contributed by atoms with van der Waals surface area (Å²) in [6.07, 6.45) is 6.66. The Morgan fingerprint density at radius 3 is 2.81 bits per heavy atom. The molecule has 2 aliphatic heterocycles. The Kier molecular flexibility index (Phi) is 5.29. The van der Waals surface area contributed by atoms with Crippen molar-refractivity contribution in [2.45, 2.75) is 44.1 Å². The zero-order valence-corrected chi connectivity index (χ0v) is 14.9. The lowest BCUT2D eigenvalue weighted by molar-refractivity contribution is -0.0469. The Hall–Kier alpha value is -1.82. The number of hydrogen-bond donors (Lipinski definition) is 0. The minimum absolute atomic E-state index is 0.0641. The Balaban J connectivity index is 1.26. The van der Waals surface area contributed by atoms with E-state index < -0.39 is 0 Å². The molecule has 0 N–H and O–H groups in total. The normalized spacial score (nSPS) is 22.7. The van der Waals surface area contributed by atoms with E-state index in [9.17, 15) is 4.39 Å². The lowest BCUT2D eigenvalue weighted by Crippen LogP contribution is -2.44. The summed E-state index contributed by atoms with van der Waals surface area (Å²) in [5, 5.41) is 0. The van der Waals surface area contributed by atoms with Crippen molar-refractivity contribution in [3.63, 3.8) is 0 Å². The van der Waals surface area contributed by atoms with Crippen LogP contribution in [0, 0.1) is 5.82 Å². The second-order valence-electron chi connectivity index (χ2n) is 7.36. The van der Waals surface area contributed by atoms with E-state index in [1.54, 1.807) is 12.3 Å². The first-order chi connectivity index (χ1) is 12.7. The summed E-state index contributed by atoms with van der Waals surface area (Å²) >= 11 is 0. The van der Waals surface area contributed by atoms with E-state index in [1.165, 1.54) is 6.07 Å². The van der Waals surface area contributed by atoms with Crippen LogP contribution in [-0.4, -0.2) is 41.3 Å². The van der Waals surface area contributed by atoms with Gasteiger partial charge < -0.3 is 9.47 Å². The first-order valence-corrected chi connectivity index (χ1v) is 9.33. The van der Waals surface area contributed by atoms with Gasteiger partial charge in [0.05, 0.1) is 24.9 Å². The number of benzene rings is 1. The second kappa shape index (κ2) is 7.82. The molecule has 2 fully saturated rings. The molecule has 0 aliphatic carbocycles. The predicted molar refractivity (Wildman–Crippen MR) is 97.0 cm³/mol. The Morgan fingerprint density at radius 1 is 1.19 bits per heavy atom. The summed E-state index contributed by atoms with van der Waals surface area (Å²) in [6, 6.07) is 11.0. The van der Waals surface area contributed by atoms with Gasteiger partial charge in [-0.2, -0.15) is 0 Å². The van der Waals surface area contributed by atoms with Crippen LogP contribution in [-0.2, 0) is 22.6 Å². The number of nitrogens with zero attached hydrogens (tertiary/aromatic N) is 2. The molecule has 2 aliphatic rings. The van der Waals surface area contributed by atoms with Gasteiger partial charge in [0.15, 0.2) is 0 Å². The van der Waals surface area contributed by atoms with Gasteiger partial charge in [-0.3, -0.25) is 9.88 Å². The molecule has 1 unspecified atom stereocenters. The largest absolute Gasteiger partial charge is 0.372 e. The molecule has 0 amide bonds. The second-order valence-corrected chi connectivity index (χ2v) is 7.36. The SMILES string of the molecule is Fc1ccccc1CN1CCC2(CC1)CC(OCc1cccnc1)CO2. The van der Waals surface area contributed by atoms with E-state index in [4.69, 9.17) is 9.47 Å². The Bertz CT molecular complexity index is 717. The summed E-state index contributed by atoms with van der Waals surface area (Å²) in [4.78, 5) is 6.43. The van der Waals surface area contributed by atoms with Gasteiger partial charge in [-0.05, 0) is 30.5 Å². The van der Waals surface area contributed by atoms with Crippen molar-refractivity contribution in [1.29, 1.82) is 0 Å². The summed E-state index contributed by atoms with van der Waals surface area (Å²) < 4.78 is 26.0. The molecule has 0 saturated carbocycles. The number of rotatable bonds is 5. The summed E-state index contributed by atoms with van der Waals surface area (Å²) in [6.45, 7) is 3.78. The summed E-state index contributed by atoms with van der Waals surface area (Å²) in [7, 11) is 0. The lowest BCUT2D eigenvalue weighted by atomic mass is 9.88.